The molecule has 0 saturated heterocycles. The molecule has 8 nitrogen and oxygen atoms in total. The van der Waals surface area contributed by atoms with Gasteiger partial charge < -0.3 is 19.8 Å². The standard InChI is InChI=1S/C30H45N7O/c1-5-19-36(20-6-2)26-11-13-30(3,14-12-26)35(4)21-24-7-9-25(10-8-24)29(38)37(22-27-31-15-16-32-27)23-28-33-17-18-34-28/h7-10,15-18,26H,5-6,11-14,19-23H2,1-4H3,(H,31,32)(H,33,34). The number of nitrogens with zero attached hydrogens (tertiary/aromatic N) is 5. The number of rotatable bonds is 13. The average molecular weight is 520 g/mol. The molecule has 0 aliphatic heterocycles. The van der Waals surface area contributed by atoms with E-state index in [4.69, 9.17) is 0 Å². The number of hydrogen-bond acceptors (Lipinski definition) is 5. The molecule has 1 aliphatic rings. The molecule has 0 bridgehead atoms. The Hall–Kier alpha value is -2.97. The molecule has 0 unspecified atom stereocenters. The first-order chi connectivity index (χ1) is 18.4. The highest BCUT2D eigenvalue weighted by Crippen LogP contribution is 2.35. The molecular formula is C30H45N7O. The van der Waals surface area contributed by atoms with Crippen LogP contribution in [-0.4, -0.2) is 72.3 Å². The molecule has 2 N–H and O–H groups in total. The van der Waals surface area contributed by atoms with E-state index in [1.54, 1.807) is 29.7 Å². The van der Waals surface area contributed by atoms with Crippen molar-refractivity contribution < 1.29 is 4.79 Å². The molecule has 0 radical (unpaired) electrons. The Balaban J connectivity index is 1.36. The first kappa shape index (κ1) is 28.0. The van der Waals surface area contributed by atoms with Crippen LogP contribution in [0.5, 0.6) is 0 Å². The molecule has 1 fully saturated rings. The summed E-state index contributed by atoms with van der Waals surface area (Å²) in [6.45, 7) is 11.1. The quantitative estimate of drug-likeness (QED) is 0.323. The van der Waals surface area contributed by atoms with Gasteiger partial charge in [0.25, 0.3) is 5.91 Å². The van der Waals surface area contributed by atoms with E-state index in [0.29, 0.717) is 18.7 Å². The number of carbonyl (C=O) groups is 1. The van der Waals surface area contributed by atoms with Gasteiger partial charge in [0.2, 0.25) is 0 Å². The van der Waals surface area contributed by atoms with Gasteiger partial charge >= 0.3 is 0 Å². The van der Waals surface area contributed by atoms with Gasteiger partial charge in [0.1, 0.15) is 11.6 Å². The summed E-state index contributed by atoms with van der Waals surface area (Å²) in [5.74, 6) is 1.46. The number of amides is 1. The van der Waals surface area contributed by atoms with Gasteiger partial charge in [-0.05, 0) is 83.3 Å². The Morgan fingerprint density at radius 2 is 1.47 bits per heavy atom. The van der Waals surface area contributed by atoms with Crippen LogP contribution in [0.15, 0.2) is 49.1 Å². The van der Waals surface area contributed by atoms with Crippen molar-refractivity contribution in [3.63, 3.8) is 0 Å². The molecule has 1 saturated carbocycles. The minimum absolute atomic E-state index is 0.0355. The molecule has 0 spiro atoms. The second-order valence-electron chi connectivity index (χ2n) is 11.1. The van der Waals surface area contributed by atoms with Gasteiger partial charge in [0.05, 0.1) is 13.1 Å². The topological polar surface area (TPSA) is 84.2 Å². The van der Waals surface area contributed by atoms with Crippen LogP contribution in [0.25, 0.3) is 0 Å². The van der Waals surface area contributed by atoms with Crippen LogP contribution in [0.1, 0.15) is 86.9 Å². The molecule has 1 amide bonds. The molecule has 2 heterocycles. The molecule has 1 aliphatic carbocycles. The maximum absolute atomic E-state index is 13.4. The van der Waals surface area contributed by atoms with Crippen molar-refractivity contribution in [1.82, 2.24) is 34.6 Å². The maximum Gasteiger partial charge on any atom is 0.254 e. The van der Waals surface area contributed by atoms with Crippen LogP contribution in [0.4, 0.5) is 0 Å². The Bertz CT molecular complexity index is 1040. The zero-order valence-corrected chi connectivity index (χ0v) is 23.6. The summed E-state index contributed by atoms with van der Waals surface area (Å²) in [6, 6.07) is 8.83. The van der Waals surface area contributed by atoms with Gasteiger partial charge in [-0.25, -0.2) is 9.97 Å². The van der Waals surface area contributed by atoms with Crippen LogP contribution in [0.3, 0.4) is 0 Å². The molecule has 206 valence electrons. The average Bonchev–Trinajstić information content (AvgIpc) is 3.63. The van der Waals surface area contributed by atoms with Crippen LogP contribution >= 0.6 is 0 Å². The van der Waals surface area contributed by atoms with Crippen LogP contribution < -0.4 is 0 Å². The van der Waals surface area contributed by atoms with Crippen molar-refractivity contribution in [3.8, 4) is 0 Å². The van der Waals surface area contributed by atoms with Gasteiger partial charge in [0.15, 0.2) is 0 Å². The predicted molar refractivity (Wildman–Crippen MR) is 151 cm³/mol. The summed E-state index contributed by atoms with van der Waals surface area (Å²) in [5, 5.41) is 0. The Labute approximate surface area is 227 Å². The fourth-order valence-corrected chi connectivity index (χ4v) is 5.75. The van der Waals surface area contributed by atoms with Gasteiger partial charge in [-0.3, -0.25) is 9.69 Å². The second kappa shape index (κ2) is 13.2. The van der Waals surface area contributed by atoms with E-state index in [1.807, 2.05) is 12.1 Å². The lowest BCUT2D eigenvalue weighted by Gasteiger charge is -2.46. The summed E-state index contributed by atoms with van der Waals surface area (Å²) in [5.41, 5.74) is 2.11. The highest BCUT2D eigenvalue weighted by atomic mass is 16.2. The number of H-pyrrole nitrogens is 2. The fourth-order valence-electron chi connectivity index (χ4n) is 5.75. The molecule has 2 aromatic heterocycles. The molecule has 8 heteroatoms. The van der Waals surface area contributed by atoms with Crippen molar-refractivity contribution in [2.45, 2.75) is 90.5 Å². The highest BCUT2D eigenvalue weighted by molar-refractivity contribution is 5.94. The van der Waals surface area contributed by atoms with Crippen molar-refractivity contribution >= 4 is 5.91 Å². The monoisotopic (exact) mass is 519 g/mol. The minimum Gasteiger partial charge on any atom is -0.347 e. The number of hydrogen-bond donors (Lipinski definition) is 2. The van der Waals surface area contributed by atoms with Crippen molar-refractivity contribution in [1.29, 1.82) is 0 Å². The highest BCUT2D eigenvalue weighted by Gasteiger charge is 2.36. The van der Waals surface area contributed by atoms with Crippen molar-refractivity contribution in [2.75, 3.05) is 20.1 Å². The van der Waals surface area contributed by atoms with Gasteiger partial charge in [-0.15, -0.1) is 0 Å². The summed E-state index contributed by atoms with van der Waals surface area (Å²) in [7, 11) is 2.25. The maximum atomic E-state index is 13.4. The third kappa shape index (κ3) is 7.11. The third-order valence-electron chi connectivity index (χ3n) is 8.19. The third-order valence-corrected chi connectivity index (χ3v) is 8.19. The van der Waals surface area contributed by atoms with Gasteiger partial charge in [0, 0.05) is 48.5 Å². The van der Waals surface area contributed by atoms with E-state index in [1.165, 1.54) is 57.2 Å². The largest absolute Gasteiger partial charge is 0.347 e. The molecule has 0 atom stereocenters. The summed E-state index contributed by atoms with van der Waals surface area (Å²) in [6.07, 6.45) is 14.4. The van der Waals surface area contributed by atoms with Crippen LogP contribution in [0.2, 0.25) is 0 Å². The van der Waals surface area contributed by atoms with E-state index in [2.05, 4.69) is 69.7 Å². The molecule has 1 aromatic carbocycles. The Kier molecular flexibility index (Phi) is 9.74. The van der Waals surface area contributed by atoms with Crippen LogP contribution in [0, 0.1) is 0 Å². The predicted octanol–water partition coefficient (Wildman–Crippen LogP) is 5.23. The first-order valence-corrected chi connectivity index (χ1v) is 14.2. The molecule has 4 rings (SSSR count). The van der Waals surface area contributed by atoms with Crippen LogP contribution in [-0.2, 0) is 19.6 Å². The summed E-state index contributed by atoms with van der Waals surface area (Å²) in [4.78, 5) is 35.2. The van der Waals surface area contributed by atoms with E-state index < -0.39 is 0 Å². The summed E-state index contributed by atoms with van der Waals surface area (Å²) < 4.78 is 0. The van der Waals surface area contributed by atoms with Crippen molar-refractivity contribution in [2.24, 2.45) is 0 Å². The second-order valence-corrected chi connectivity index (χ2v) is 11.1. The van der Waals surface area contributed by atoms with E-state index in [0.717, 1.165) is 24.2 Å². The van der Waals surface area contributed by atoms with E-state index >= 15 is 0 Å². The molecule has 3 aromatic rings. The lowest BCUT2D eigenvalue weighted by molar-refractivity contribution is 0.0439. The molecular weight excluding hydrogens is 474 g/mol. The number of carbonyl (C=O) groups excluding carboxylic acids is 1. The first-order valence-electron chi connectivity index (χ1n) is 14.2. The number of benzene rings is 1. The van der Waals surface area contributed by atoms with Gasteiger partial charge in [-0.1, -0.05) is 26.0 Å². The Morgan fingerprint density at radius 3 is 1.95 bits per heavy atom. The van der Waals surface area contributed by atoms with E-state index in [-0.39, 0.29) is 11.4 Å². The number of nitrogens with one attached hydrogen (secondary N) is 2. The van der Waals surface area contributed by atoms with Gasteiger partial charge in [-0.2, -0.15) is 0 Å². The fraction of sp³-hybridized carbons (Fsp3) is 0.567. The SMILES string of the molecule is CCCN(CCC)C1CCC(C)(N(C)Cc2ccc(C(=O)N(Cc3ncc[nH]3)Cc3ncc[nH]3)cc2)CC1. The van der Waals surface area contributed by atoms with Crippen molar-refractivity contribution in [3.05, 3.63) is 71.8 Å². The lowest BCUT2D eigenvalue weighted by atomic mass is 9.79. The number of imidazole rings is 2. The number of aromatic nitrogens is 4. The normalized spacial score (nSPS) is 19.8. The zero-order valence-electron chi connectivity index (χ0n) is 23.6. The van der Waals surface area contributed by atoms with E-state index in [9.17, 15) is 4.79 Å². The Morgan fingerprint density at radius 1 is 0.921 bits per heavy atom. The molecule has 38 heavy (non-hydrogen) atoms. The number of aromatic amines is 2. The smallest absolute Gasteiger partial charge is 0.254 e. The zero-order chi connectivity index (χ0) is 27.0. The minimum atomic E-state index is -0.0355. The summed E-state index contributed by atoms with van der Waals surface area (Å²) >= 11 is 0. The lowest BCUT2D eigenvalue weighted by Crippen LogP contribution is -2.50.